The van der Waals surface area contributed by atoms with Crippen molar-refractivity contribution in [2.75, 3.05) is 0 Å². The number of nitrogens with one attached hydrogen (secondary N) is 1. The second kappa shape index (κ2) is 8.03. The Balaban J connectivity index is 1.51. The van der Waals surface area contributed by atoms with E-state index in [-0.39, 0.29) is 11.6 Å². The van der Waals surface area contributed by atoms with Crippen molar-refractivity contribution in [3.63, 3.8) is 0 Å². The molecule has 0 bridgehead atoms. The standard InChI is InChI=1S/C27H28N4O2/c1-26(2,3)33-25(32)30-27(16-8-17-27)20-12-14-21(15-13-20)31-23(19-9-5-4-6-10-19)29-22-11-7-18-28-24(22)31/h4-7,9-15,18H,8,16-17H2,1-3H3,(H,30,32). The fraction of sp³-hybridized carbons (Fsp3) is 0.296. The van der Waals surface area contributed by atoms with Gasteiger partial charge in [0.2, 0.25) is 0 Å². The van der Waals surface area contributed by atoms with Gasteiger partial charge in [-0.1, -0.05) is 42.5 Å². The number of ether oxygens (including phenoxy) is 1. The summed E-state index contributed by atoms with van der Waals surface area (Å²) < 4.78 is 7.60. The van der Waals surface area contributed by atoms with Gasteiger partial charge < -0.3 is 10.1 Å². The molecule has 1 saturated carbocycles. The van der Waals surface area contributed by atoms with Gasteiger partial charge in [-0.05, 0) is 69.9 Å². The molecule has 1 fully saturated rings. The molecule has 1 N–H and O–H groups in total. The van der Waals surface area contributed by atoms with E-state index in [1.165, 1.54) is 0 Å². The summed E-state index contributed by atoms with van der Waals surface area (Å²) in [6.07, 6.45) is 4.29. The summed E-state index contributed by atoms with van der Waals surface area (Å²) in [6.45, 7) is 5.63. The van der Waals surface area contributed by atoms with E-state index < -0.39 is 5.60 Å². The van der Waals surface area contributed by atoms with E-state index in [1.54, 1.807) is 6.20 Å². The first-order chi connectivity index (χ1) is 15.8. The first-order valence-electron chi connectivity index (χ1n) is 11.4. The van der Waals surface area contributed by atoms with Crippen LogP contribution in [0.4, 0.5) is 4.79 Å². The Morgan fingerprint density at radius 1 is 1.00 bits per heavy atom. The summed E-state index contributed by atoms with van der Waals surface area (Å²) in [5.74, 6) is 0.849. The highest BCUT2D eigenvalue weighted by atomic mass is 16.6. The molecule has 0 spiro atoms. The van der Waals surface area contributed by atoms with Crippen LogP contribution in [0.25, 0.3) is 28.2 Å². The van der Waals surface area contributed by atoms with E-state index in [9.17, 15) is 4.79 Å². The largest absolute Gasteiger partial charge is 0.444 e. The molecule has 0 saturated heterocycles. The van der Waals surface area contributed by atoms with Crippen LogP contribution in [0.3, 0.4) is 0 Å². The van der Waals surface area contributed by atoms with Gasteiger partial charge in [0.15, 0.2) is 5.65 Å². The number of hydrogen-bond donors (Lipinski definition) is 1. The third-order valence-corrected chi connectivity index (χ3v) is 6.07. The van der Waals surface area contributed by atoms with Gasteiger partial charge in [0.1, 0.15) is 16.9 Å². The van der Waals surface area contributed by atoms with E-state index in [4.69, 9.17) is 9.72 Å². The van der Waals surface area contributed by atoms with Crippen molar-refractivity contribution in [3.8, 4) is 17.1 Å². The summed E-state index contributed by atoms with van der Waals surface area (Å²) in [7, 11) is 0. The van der Waals surface area contributed by atoms with E-state index >= 15 is 0 Å². The molecule has 0 radical (unpaired) electrons. The highest BCUT2D eigenvalue weighted by Crippen LogP contribution is 2.42. The van der Waals surface area contributed by atoms with E-state index in [0.29, 0.717) is 0 Å². The van der Waals surface area contributed by atoms with Gasteiger partial charge in [-0.15, -0.1) is 0 Å². The molecule has 2 aromatic heterocycles. The minimum Gasteiger partial charge on any atom is -0.444 e. The normalized spacial score (nSPS) is 15.1. The molecule has 0 unspecified atom stereocenters. The summed E-state index contributed by atoms with van der Waals surface area (Å²) in [5, 5.41) is 3.13. The molecule has 2 heterocycles. The molecule has 5 rings (SSSR count). The number of rotatable bonds is 4. The Labute approximate surface area is 193 Å². The van der Waals surface area contributed by atoms with Crippen molar-refractivity contribution in [1.82, 2.24) is 19.9 Å². The smallest absolute Gasteiger partial charge is 0.408 e. The number of alkyl carbamates (subject to hydrolysis) is 1. The minimum absolute atomic E-state index is 0.373. The zero-order chi connectivity index (χ0) is 23.1. The highest BCUT2D eigenvalue weighted by Gasteiger charge is 2.41. The molecule has 0 aliphatic heterocycles. The number of aromatic nitrogens is 3. The van der Waals surface area contributed by atoms with Gasteiger partial charge in [0.25, 0.3) is 0 Å². The maximum Gasteiger partial charge on any atom is 0.408 e. The summed E-state index contributed by atoms with van der Waals surface area (Å²) in [4.78, 5) is 21.9. The third-order valence-electron chi connectivity index (χ3n) is 6.07. The number of fused-ring (bicyclic) bond motifs is 1. The lowest BCUT2D eigenvalue weighted by molar-refractivity contribution is 0.0377. The molecule has 2 aromatic carbocycles. The molecule has 6 heteroatoms. The van der Waals surface area contributed by atoms with Gasteiger partial charge in [-0.25, -0.2) is 14.8 Å². The second-order valence-corrected chi connectivity index (χ2v) is 9.59. The van der Waals surface area contributed by atoms with Crippen molar-refractivity contribution >= 4 is 17.3 Å². The Kier molecular flexibility index (Phi) is 5.16. The van der Waals surface area contributed by atoms with Crippen LogP contribution in [-0.2, 0) is 10.3 Å². The summed E-state index contributed by atoms with van der Waals surface area (Å²) in [6, 6.07) is 22.4. The van der Waals surface area contributed by atoms with Gasteiger partial charge in [0, 0.05) is 17.4 Å². The van der Waals surface area contributed by atoms with Crippen LogP contribution in [0, 0.1) is 0 Å². The van der Waals surface area contributed by atoms with E-state index in [2.05, 4.69) is 51.3 Å². The molecule has 1 aliphatic carbocycles. The molecular formula is C27H28N4O2. The molecule has 168 valence electrons. The zero-order valence-corrected chi connectivity index (χ0v) is 19.2. The van der Waals surface area contributed by atoms with Crippen LogP contribution < -0.4 is 5.32 Å². The van der Waals surface area contributed by atoms with Crippen LogP contribution in [0.2, 0.25) is 0 Å². The SMILES string of the molecule is CC(C)(C)OC(=O)NC1(c2ccc(-n3c(-c4ccccc4)nc4cccnc43)cc2)CCC1. The number of carbonyl (C=O) groups excluding carboxylic acids is 1. The van der Waals surface area contributed by atoms with Crippen molar-refractivity contribution in [2.45, 2.75) is 51.2 Å². The monoisotopic (exact) mass is 440 g/mol. The Morgan fingerprint density at radius 3 is 2.36 bits per heavy atom. The third kappa shape index (κ3) is 4.09. The number of imidazole rings is 1. The topological polar surface area (TPSA) is 69.0 Å². The number of amides is 1. The second-order valence-electron chi connectivity index (χ2n) is 9.59. The molecular weight excluding hydrogens is 412 g/mol. The van der Waals surface area contributed by atoms with Crippen LogP contribution in [0.5, 0.6) is 0 Å². The number of hydrogen-bond acceptors (Lipinski definition) is 4. The van der Waals surface area contributed by atoms with Crippen LogP contribution in [0.1, 0.15) is 45.6 Å². The van der Waals surface area contributed by atoms with Crippen molar-refractivity contribution in [1.29, 1.82) is 0 Å². The van der Waals surface area contributed by atoms with E-state index in [1.807, 2.05) is 51.1 Å². The van der Waals surface area contributed by atoms with Gasteiger partial charge >= 0.3 is 6.09 Å². The first-order valence-corrected chi connectivity index (χ1v) is 11.4. The number of benzene rings is 2. The van der Waals surface area contributed by atoms with Gasteiger partial charge in [-0.2, -0.15) is 0 Å². The summed E-state index contributed by atoms with van der Waals surface area (Å²) >= 11 is 0. The molecule has 1 amide bonds. The predicted octanol–water partition coefficient (Wildman–Crippen LogP) is 5.99. The Bertz CT molecular complexity index is 1280. The molecule has 0 atom stereocenters. The lowest BCUT2D eigenvalue weighted by Gasteiger charge is -2.43. The van der Waals surface area contributed by atoms with Gasteiger partial charge in [0.05, 0.1) is 5.54 Å². The predicted molar refractivity (Wildman–Crippen MR) is 129 cm³/mol. The quantitative estimate of drug-likeness (QED) is 0.423. The van der Waals surface area contributed by atoms with Crippen molar-refractivity contribution in [3.05, 3.63) is 78.5 Å². The number of carbonyl (C=O) groups is 1. The van der Waals surface area contributed by atoms with Crippen LogP contribution in [0.15, 0.2) is 72.9 Å². The lowest BCUT2D eigenvalue weighted by Crippen LogP contribution is -2.52. The molecule has 6 nitrogen and oxygen atoms in total. The molecule has 1 aliphatic rings. The summed E-state index contributed by atoms with van der Waals surface area (Å²) in [5.41, 5.74) is 3.85. The Hall–Kier alpha value is -3.67. The lowest BCUT2D eigenvalue weighted by atomic mass is 9.72. The number of pyridine rings is 1. The van der Waals surface area contributed by atoms with Gasteiger partial charge in [-0.3, -0.25) is 4.57 Å². The molecule has 4 aromatic rings. The minimum atomic E-state index is -0.526. The van der Waals surface area contributed by atoms with Crippen molar-refractivity contribution < 1.29 is 9.53 Å². The average molecular weight is 441 g/mol. The zero-order valence-electron chi connectivity index (χ0n) is 19.2. The molecule has 33 heavy (non-hydrogen) atoms. The maximum atomic E-state index is 12.5. The fourth-order valence-corrected chi connectivity index (χ4v) is 4.38. The first kappa shape index (κ1) is 21.2. The van der Waals surface area contributed by atoms with Crippen molar-refractivity contribution in [2.24, 2.45) is 0 Å². The maximum absolute atomic E-state index is 12.5. The van der Waals surface area contributed by atoms with Crippen LogP contribution >= 0.6 is 0 Å². The van der Waals surface area contributed by atoms with E-state index in [0.717, 1.165) is 53.1 Å². The highest BCUT2D eigenvalue weighted by molar-refractivity contribution is 5.80. The Morgan fingerprint density at radius 2 is 1.73 bits per heavy atom. The average Bonchev–Trinajstić information content (AvgIpc) is 3.15. The van der Waals surface area contributed by atoms with Crippen LogP contribution in [-0.4, -0.2) is 26.2 Å². The fourth-order valence-electron chi connectivity index (χ4n) is 4.38. The number of nitrogens with zero attached hydrogens (tertiary/aromatic N) is 3.